The van der Waals surface area contributed by atoms with Gasteiger partial charge in [0.1, 0.15) is 0 Å². The second-order valence-corrected chi connectivity index (χ2v) is 3.73. The van der Waals surface area contributed by atoms with Gasteiger partial charge in [-0.3, -0.25) is 4.79 Å². The summed E-state index contributed by atoms with van der Waals surface area (Å²) in [5.41, 5.74) is 0.888. The van der Waals surface area contributed by atoms with Crippen LogP contribution in [0.1, 0.15) is 11.1 Å². The molecule has 0 heterocycles. The molecule has 0 saturated heterocycles. The molecule has 0 fully saturated rings. The van der Waals surface area contributed by atoms with Crippen molar-refractivity contribution in [3.63, 3.8) is 0 Å². The fraction of sp³-hybridized carbons (Fsp3) is 0.364. The van der Waals surface area contributed by atoms with Crippen molar-refractivity contribution in [1.29, 1.82) is 0 Å². The molecule has 0 saturated carbocycles. The van der Waals surface area contributed by atoms with Gasteiger partial charge in [-0.15, -0.1) is 0 Å². The summed E-state index contributed by atoms with van der Waals surface area (Å²) in [6.07, 6.45) is -5.92. The van der Waals surface area contributed by atoms with Crippen molar-refractivity contribution < 1.29 is 31.9 Å². The van der Waals surface area contributed by atoms with Gasteiger partial charge in [0.05, 0.1) is 6.61 Å². The zero-order chi connectivity index (χ0) is 14.7. The Kier molecular flexibility index (Phi) is 4.46. The van der Waals surface area contributed by atoms with Crippen molar-refractivity contribution >= 4 is 5.91 Å². The number of aliphatic hydroxyl groups excluding tert-OH is 1. The molecule has 0 unspecified atom stereocenters. The molecule has 0 aliphatic heterocycles. The normalized spacial score (nSPS) is 12.3. The van der Waals surface area contributed by atoms with E-state index in [4.69, 9.17) is 5.11 Å². The van der Waals surface area contributed by atoms with E-state index in [-0.39, 0.29) is 6.61 Å². The number of hydrogen-bond donors (Lipinski definition) is 2. The van der Waals surface area contributed by atoms with Crippen molar-refractivity contribution in [2.75, 3.05) is 0 Å². The Morgan fingerprint density at radius 2 is 1.53 bits per heavy atom. The smallest absolute Gasteiger partial charge is 0.392 e. The zero-order valence-corrected chi connectivity index (χ0v) is 9.47. The van der Waals surface area contributed by atoms with Gasteiger partial charge in [0.15, 0.2) is 0 Å². The lowest BCUT2D eigenvalue weighted by molar-refractivity contribution is -0.269. The van der Waals surface area contributed by atoms with Gasteiger partial charge in [-0.2, -0.15) is 22.0 Å². The summed E-state index contributed by atoms with van der Waals surface area (Å²) in [4.78, 5) is 10.8. The molecule has 8 heteroatoms. The first-order valence-corrected chi connectivity index (χ1v) is 5.10. The average molecular weight is 283 g/mol. The molecule has 0 atom stereocenters. The van der Waals surface area contributed by atoms with E-state index < -0.39 is 24.6 Å². The minimum atomic E-state index is -5.92. The van der Waals surface area contributed by atoms with Crippen LogP contribution in [0.5, 0.6) is 0 Å². The molecule has 0 aliphatic rings. The van der Waals surface area contributed by atoms with Crippen molar-refractivity contribution in [2.24, 2.45) is 0 Å². The van der Waals surface area contributed by atoms with Gasteiger partial charge in [-0.25, -0.2) is 0 Å². The molecular weight excluding hydrogens is 273 g/mol. The van der Waals surface area contributed by atoms with Crippen LogP contribution in [0.25, 0.3) is 0 Å². The molecular formula is C11H10F5NO2. The van der Waals surface area contributed by atoms with Crippen molar-refractivity contribution in [1.82, 2.24) is 5.32 Å². The van der Waals surface area contributed by atoms with Crippen LogP contribution in [-0.4, -0.2) is 23.1 Å². The number of amides is 1. The van der Waals surface area contributed by atoms with E-state index in [0.717, 1.165) is 0 Å². The molecule has 1 rings (SSSR count). The summed E-state index contributed by atoms with van der Waals surface area (Å²) in [5.74, 6) is -7.82. The summed E-state index contributed by atoms with van der Waals surface area (Å²) in [7, 11) is 0. The van der Waals surface area contributed by atoms with Gasteiger partial charge in [-0.1, -0.05) is 24.3 Å². The summed E-state index contributed by atoms with van der Waals surface area (Å²) in [5, 5.41) is 10.3. The van der Waals surface area contributed by atoms with E-state index >= 15 is 0 Å². The van der Waals surface area contributed by atoms with E-state index in [2.05, 4.69) is 0 Å². The Morgan fingerprint density at radius 1 is 1.05 bits per heavy atom. The molecule has 1 aromatic rings. The second-order valence-electron chi connectivity index (χ2n) is 3.73. The lowest BCUT2D eigenvalue weighted by Crippen LogP contribution is -2.50. The molecule has 0 aromatic heterocycles. The predicted molar refractivity (Wildman–Crippen MR) is 55.2 cm³/mol. The number of carbonyl (C=O) groups is 1. The Morgan fingerprint density at radius 3 is 1.95 bits per heavy atom. The Hall–Kier alpha value is -1.70. The SMILES string of the molecule is O=C(NCc1ccc(CO)cc1)C(F)(F)C(F)(F)F. The third-order valence-electron chi connectivity index (χ3n) is 2.30. The summed E-state index contributed by atoms with van der Waals surface area (Å²) in [6.45, 7) is -0.686. The molecule has 0 aliphatic carbocycles. The largest absolute Gasteiger partial charge is 0.463 e. The van der Waals surface area contributed by atoms with Crippen molar-refractivity contribution in [3.8, 4) is 0 Å². The van der Waals surface area contributed by atoms with Crippen LogP contribution in [0.2, 0.25) is 0 Å². The average Bonchev–Trinajstić information content (AvgIpc) is 2.35. The van der Waals surface area contributed by atoms with Crippen molar-refractivity contribution in [2.45, 2.75) is 25.3 Å². The van der Waals surface area contributed by atoms with Crippen LogP contribution < -0.4 is 5.32 Å². The molecule has 0 radical (unpaired) electrons. The van der Waals surface area contributed by atoms with E-state index in [9.17, 15) is 26.7 Å². The van der Waals surface area contributed by atoms with E-state index in [1.807, 2.05) is 0 Å². The number of carbonyl (C=O) groups excluding carboxylic acids is 1. The quantitative estimate of drug-likeness (QED) is 0.830. The van der Waals surface area contributed by atoms with Crippen LogP contribution in [0.4, 0.5) is 22.0 Å². The Labute approximate surface area is 105 Å². The molecule has 19 heavy (non-hydrogen) atoms. The number of hydrogen-bond acceptors (Lipinski definition) is 2. The fourth-order valence-electron chi connectivity index (χ4n) is 1.18. The number of halogens is 5. The van der Waals surface area contributed by atoms with E-state index in [1.54, 1.807) is 0 Å². The highest BCUT2D eigenvalue weighted by Crippen LogP contribution is 2.35. The maximum absolute atomic E-state index is 12.6. The van der Waals surface area contributed by atoms with Gasteiger partial charge in [0.2, 0.25) is 0 Å². The summed E-state index contributed by atoms with van der Waals surface area (Å²) in [6, 6.07) is 5.72. The number of aliphatic hydroxyl groups is 1. The van der Waals surface area contributed by atoms with Gasteiger partial charge in [0.25, 0.3) is 0 Å². The third-order valence-corrected chi connectivity index (χ3v) is 2.30. The van der Waals surface area contributed by atoms with E-state index in [1.165, 1.54) is 29.6 Å². The van der Waals surface area contributed by atoms with Crippen LogP contribution >= 0.6 is 0 Å². The first-order chi connectivity index (χ1) is 8.68. The highest BCUT2D eigenvalue weighted by atomic mass is 19.4. The third kappa shape index (κ3) is 3.63. The van der Waals surface area contributed by atoms with Gasteiger partial charge in [-0.05, 0) is 11.1 Å². The standard InChI is InChI=1S/C11H10F5NO2/c12-10(13,11(14,15)16)9(19)17-5-7-1-3-8(6-18)4-2-7/h1-4,18H,5-6H2,(H,17,19). The van der Waals surface area contributed by atoms with Gasteiger partial charge < -0.3 is 10.4 Å². The Balaban J connectivity index is 2.63. The van der Waals surface area contributed by atoms with Gasteiger partial charge >= 0.3 is 18.0 Å². The molecule has 0 spiro atoms. The first-order valence-electron chi connectivity index (χ1n) is 5.10. The van der Waals surface area contributed by atoms with Crippen LogP contribution in [0, 0.1) is 0 Å². The molecule has 0 bridgehead atoms. The topological polar surface area (TPSA) is 49.3 Å². The summed E-state index contributed by atoms with van der Waals surface area (Å²) >= 11 is 0. The second kappa shape index (κ2) is 5.52. The summed E-state index contributed by atoms with van der Waals surface area (Å²) < 4.78 is 60.8. The lowest BCUT2D eigenvalue weighted by Gasteiger charge is -2.18. The zero-order valence-electron chi connectivity index (χ0n) is 9.47. The molecule has 2 N–H and O–H groups in total. The first kappa shape index (κ1) is 15.4. The predicted octanol–water partition coefficient (Wildman–Crippen LogP) is 1.99. The maximum atomic E-state index is 12.6. The maximum Gasteiger partial charge on any atom is 0.463 e. The number of nitrogens with one attached hydrogen (secondary N) is 1. The fourth-order valence-corrected chi connectivity index (χ4v) is 1.18. The monoisotopic (exact) mass is 283 g/mol. The number of rotatable bonds is 4. The van der Waals surface area contributed by atoms with Crippen LogP contribution in [0.3, 0.4) is 0 Å². The number of alkyl halides is 5. The Bertz CT molecular complexity index is 441. The highest BCUT2D eigenvalue weighted by molar-refractivity contribution is 5.84. The molecule has 1 aromatic carbocycles. The lowest BCUT2D eigenvalue weighted by atomic mass is 10.1. The van der Waals surface area contributed by atoms with Gasteiger partial charge in [0, 0.05) is 6.54 Å². The number of benzene rings is 1. The molecule has 1 amide bonds. The molecule has 106 valence electrons. The van der Waals surface area contributed by atoms with Crippen LogP contribution in [0.15, 0.2) is 24.3 Å². The highest BCUT2D eigenvalue weighted by Gasteiger charge is 2.63. The van der Waals surface area contributed by atoms with Crippen molar-refractivity contribution in [3.05, 3.63) is 35.4 Å². The molecule has 3 nitrogen and oxygen atoms in total. The van der Waals surface area contributed by atoms with Crippen LogP contribution in [-0.2, 0) is 17.9 Å². The minimum absolute atomic E-state index is 0.223. The minimum Gasteiger partial charge on any atom is -0.392 e. The van der Waals surface area contributed by atoms with E-state index in [0.29, 0.717) is 11.1 Å².